The number of nitrogens with zero attached hydrogens (tertiary/aromatic N) is 7. The standard InChI is InChI=1S/C23H24N8O2/c1-17(22-27-20(28-33-22)18-7-3-2-4-8-18)29-13-15-30(16-14-29)23(32)26-19-9-5-10-24-21(19)31-12-6-11-25-31/h2-12,17H,13-16H2,1H3,(H,26,32). The number of nitrogens with one attached hydrogen (secondary N) is 1. The molecule has 10 nitrogen and oxygen atoms in total. The van der Waals surface area contributed by atoms with Crippen LogP contribution in [0.15, 0.2) is 71.6 Å². The maximum Gasteiger partial charge on any atom is 0.322 e. The summed E-state index contributed by atoms with van der Waals surface area (Å²) < 4.78 is 7.15. The minimum Gasteiger partial charge on any atom is -0.337 e. The quantitative estimate of drug-likeness (QED) is 0.504. The van der Waals surface area contributed by atoms with E-state index in [2.05, 4.69) is 30.4 Å². The second-order valence-electron chi connectivity index (χ2n) is 7.78. The van der Waals surface area contributed by atoms with E-state index < -0.39 is 0 Å². The molecule has 0 aliphatic carbocycles. The Morgan fingerprint density at radius 2 is 1.85 bits per heavy atom. The molecule has 10 heteroatoms. The molecule has 0 saturated carbocycles. The zero-order chi connectivity index (χ0) is 22.6. The number of urea groups is 1. The molecule has 1 aliphatic heterocycles. The minimum atomic E-state index is -0.159. The van der Waals surface area contributed by atoms with E-state index in [-0.39, 0.29) is 12.1 Å². The number of hydrogen-bond donors (Lipinski definition) is 1. The average molecular weight is 444 g/mol. The van der Waals surface area contributed by atoms with Gasteiger partial charge in [0.25, 0.3) is 0 Å². The number of carbonyl (C=O) groups is 1. The Kier molecular flexibility index (Phi) is 5.81. The number of amides is 2. The number of benzene rings is 1. The van der Waals surface area contributed by atoms with Gasteiger partial charge in [0.1, 0.15) is 0 Å². The Labute approximate surface area is 190 Å². The van der Waals surface area contributed by atoms with Crippen LogP contribution in [0.2, 0.25) is 0 Å². The molecule has 1 aliphatic rings. The van der Waals surface area contributed by atoms with Crippen LogP contribution in [-0.2, 0) is 0 Å². The van der Waals surface area contributed by atoms with Crippen molar-refractivity contribution in [2.24, 2.45) is 0 Å². The first-order valence-electron chi connectivity index (χ1n) is 10.8. The topological polar surface area (TPSA) is 105 Å². The molecule has 168 valence electrons. The number of hydrogen-bond acceptors (Lipinski definition) is 7. The third-order valence-electron chi connectivity index (χ3n) is 5.73. The monoisotopic (exact) mass is 444 g/mol. The van der Waals surface area contributed by atoms with Crippen LogP contribution in [0.4, 0.5) is 10.5 Å². The molecule has 1 aromatic carbocycles. The van der Waals surface area contributed by atoms with E-state index in [1.807, 2.05) is 49.4 Å². The summed E-state index contributed by atoms with van der Waals surface area (Å²) in [6.45, 7) is 4.64. The minimum absolute atomic E-state index is 0.0371. The van der Waals surface area contributed by atoms with Gasteiger partial charge in [-0.2, -0.15) is 10.1 Å². The lowest BCUT2D eigenvalue weighted by Gasteiger charge is -2.36. The van der Waals surface area contributed by atoms with Crippen LogP contribution in [0, 0.1) is 0 Å². The second kappa shape index (κ2) is 9.21. The van der Waals surface area contributed by atoms with E-state index in [9.17, 15) is 4.79 Å². The summed E-state index contributed by atoms with van der Waals surface area (Å²) in [6, 6.07) is 15.0. The number of aromatic nitrogens is 5. The van der Waals surface area contributed by atoms with Crippen molar-refractivity contribution in [1.82, 2.24) is 34.7 Å². The zero-order valence-corrected chi connectivity index (χ0v) is 18.2. The highest BCUT2D eigenvalue weighted by Gasteiger charge is 2.28. The third-order valence-corrected chi connectivity index (χ3v) is 5.73. The molecule has 0 bridgehead atoms. The van der Waals surface area contributed by atoms with Crippen molar-refractivity contribution in [3.63, 3.8) is 0 Å². The number of carbonyl (C=O) groups excluding carboxylic acids is 1. The third kappa shape index (κ3) is 4.46. The highest BCUT2D eigenvalue weighted by molar-refractivity contribution is 5.91. The molecule has 1 unspecified atom stereocenters. The number of rotatable bonds is 5. The molecule has 1 N–H and O–H groups in total. The normalized spacial score (nSPS) is 15.4. The van der Waals surface area contributed by atoms with E-state index in [4.69, 9.17) is 4.52 Å². The van der Waals surface area contributed by atoms with Crippen LogP contribution < -0.4 is 5.32 Å². The fourth-order valence-corrected chi connectivity index (χ4v) is 3.84. The highest BCUT2D eigenvalue weighted by atomic mass is 16.5. The van der Waals surface area contributed by atoms with Gasteiger partial charge in [0.2, 0.25) is 11.7 Å². The van der Waals surface area contributed by atoms with E-state index in [1.165, 1.54) is 0 Å². The highest BCUT2D eigenvalue weighted by Crippen LogP contribution is 2.24. The predicted molar refractivity (Wildman–Crippen MR) is 122 cm³/mol. The molecule has 1 fully saturated rings. The molecule has 1 atom stereocenters. The van der Waals surface area contributed by atoms with Gasteiger partial charge in [-0.05, 0) is 25.1 Å². The Hall–Kier alpha value is -4.05. The summed E-state index contributed by atoms with van der Waals surface area (Å²) in [5, 5.41) is 11.3. The fourth-order valence-electron chi connectivity index (χ4n) is 3.84. The lowest BCUT2D eigenvalue weighted by molar-refractivity contribution is 0.104. The van der Waals surface area contributed by atoms with Crippen molar-refractivity contribution in [3.05, 3.63) is 73.0 Å². The Morgan fingerprint density at radius 3 is 2.61 bits per heavy atom. The van der Waals surface area contributed by atoms with Crippen LogP contribution in [0.5, 0.6) is 0 Å². The molecule has 0 radical (unpaired) electrons. The largest absolute Gasteiger partial charge is 0.337 e. The Balaban J connectivity index is 1.19. The van der Waals surface area contributed by atoms with Gasteiger partial charge in [-0.25, -0.2) is 14.5 Å². The molecule has 4 heterocycles. The summed E-state index contributed by atoms with van der Waals surface area (Å²) in [5.74, 6) is 1.74. The van der Waals surface area contributed by atoms with Crippen molar-refractivity contribution in [2.45, 2.75) is 13.0 Å². The van der Waals surface area contributed by atoms with Gasteiger partial charge in [0.05, 0.1) is 11.7 Å². The molecule has 5 rings (SSSR count). The fraction of sp³-hybridized carbons (Fsp3) is 0.261. The van der Waals surface area contributed by atoms with E-state index >= 15 is 0 Å². The van der Waals surface area contributed by atoms with Crippen LogP contribution in [0.3, 0.4) is 0 Å². The molecule has 33 heavy (non-hydrogen) atoms. The van der Waals surface area contributed by atoms with Gasteiger partial charge in [-0.3, -0.25) is 4.90 Å². The predicted octanol–water partition coefficient (Wildman–Crippen LogP) is 3.23. The molecule has 4 aromatic rings. The number of pyridine rings is 1. The number of piperazine rings is 1. The van der Waals surface area contributed by atoms with Gasteiger partial charge < -0.3 is 14.7 Å². The number of anilines is 1. The van der Waals surface area contributed by atoms with Crippen LogP contribution in [-0.4, -0.2) is 66.9 Å². The van der Waals surface area contributed by atoms with Gasteiger partial charge >= 0.3 is 6.03 Å². The first-order chi connectivity index (χ1) is 16.2. The van der Waals surface area contributed by atoms with Crippen LogP contribution >= 0.6 is 0 Å². The smallest absolute Gasteiger partial charge is 0.322 e. The van der Waals surface area contributed by atoms with Gasteiger partial charge in [0, 0.05) is 50.3 Å². The van der Waals surface area contributed by atoms with Crippen molar-refractivity contribution in [3.8, 4) is 17.2 Å². The Bertz CT molecular complexity index is 1200. The molecule has 0 spiro atoms. The van der Waals surface area contributed by atoms with Crippen molar-refractivity contribution >= 4 is 11.7 Å². The molecular weight excluding hydrogens is 420 g/mol. The zero-order valence-electron chi connectivity index (χ0n) is 18.2. The second-order valence-corrected chi connectivity index (χ2v) is 7.78. The average Bonchev–Trinajstić information content (AvgIpc) is 3.57. The SMILES string of the molecule is CC(c1nc(-c2ccccc2)no1)N1CCN(C(=O)Nc2cccnc2-n2cccn2)CC1. The summed E-state index contributed by atoms with van der Waals surface area (Å²) in [5.41, 5.74) is 1.53. The van der Waals surface area contributed by atoms with Gasteiger partial charge in [-0.1, -0.05) is 35.5 Å². The summed E-state index contributed by atoms with van der Waals surface area (Å²) in [7, 11) is 0. The maximum atomic E-state index is 12.9. The van der Waals surface area contributed by atoms with Gasteiger partial charge in [0.15, 0.2) is 5.82 Å². The lowest BCUT2D eigenvalue weighted by atomic mass is 10.2. The van der Waals surface area contributed by atoms with Crippen molar-refractivity contribution < 1.29 is 9.32 Å². The molecule has 3 aromatic heterocycles. The van der Waals surface area contributed by atoms with E-state index in [0.717, 1.165) is 5.56 Å². The van der Waals surface area contributed by atoms with E-state index in [1.54, 1.807) is 34.2 Å². The lowest BCUT2D eigenvalue weighted by Crippen LogP contribution is -2.50. The van der Waals surface area contributed by atoms with Crippen molar-refractivity contribution in [2.75, 3.05) is 31.5 Å². The summed E-state index contributed by atoms with van der Waals surface area (Å²) >= 11 is 0. The molecule has 1 saturated heterocycles. The first-order valence-corrected chi connectivity index (χ1v) is 10.8. The first kappa shape index (κ1) is 20.8. The summed E-state index contributed by atoms with van der Waals surface area (Å²) in [6.07, 6.45) is 5.14. The molecule has 2 amide bonds. The summed E-state index contributed by atoms with van der Waals surface area (Å²) in [4.78, 5) is 25.9. The van der Waals surface area contributed by atoms with Crippen LogP contribution in [0.25, 0.3) is 17.2 Å². The van der Waals surface area contributed by atoms with E-state index in [0.29, 0.717) is 49.4 Å². The van der Waals surface area contributed by atoms with Gasteiger partial charge in [-0.15, -0.1) is 0 Å². The Morgan fingerprint density at radius 1 is 1.03 bits per heavy atom. The molecular formula is C23H24N8O2. The van der Waals surface area contributed by atoms with Crippen LogP contribution in [0.1, 0.15) is 18.9 Å². The van der Waals surface area contributed by atoms with Crippen molar-refractivity contribution in [1.29, 1.82) is 0 Å². The maximum absolute atomic E-state index is 12.9.